The van der Waals surface area contributed by atoms with Crippen LogP contribution in [0.15, 0.2) is 16.5 Å². The molecule has 1 rings (SSSR count). The van der Waals surface area contributed by atoms with Crippen molar-refractivity contribution in [2.24, 2.45) is 0 Å². The molecule has 1 aromatic rings. The van der Waals surface area contributed by atoms with Gasteiger partial charge in [0.15, 0.2) is 0 Å². The molecule has 1 heterocycles. The molecule has 0 bridgehead atoms. The first-order valence-corrected chi connectivity index (χ1v) is 4.67. The number of furan rings is 1. The molecule has 1 N–H and O–H groups in total. The molecule has 1 aromatic heterocycles. The summed E-state index contributed by atoms with van der Waals surface area (Å²) in [6.07, 6.45) is 0. The van der Waals surface area contributed by atoms with Crippen LogP contribution in [0, 0.1) is 6.92 Å². The molecule has 4 nitrogen and oxygen atoms in total. The van der Waals surface area contributed by atoms with Gasteiger partial charge in [-0.05, 0) is 26.0 Å². The Labute approximate surface area is 83.9 Å². The van der Waals surface area contributed by atoms with Crippen LogP contribution < -0.4 is 5.32 Å². The van der Waals surface area contributed by atoms with Crippen molar-refractivity contribution >= 4 is 6.03 Å². The normalized spacial score (nSPS) is 9.93. The van der Waals surface area contributed by atoms with E-state index >= 15 is 0 Å². The van der Waals surface area contributed by atoms with Crippen LogP contribution in [0.2, 0.25) is 0 Å². The number of urea groups is 1. The summed E-state index contributed by atoms with van der Waals surface area (Å²) in [6, 6.07) is 3.69. The van der Waals surface area contributed by atoms with Crippen molar-refractivity contribution in [3.05, 3.63) is 23.7 Å². The number of carbonyl (C=O) groups is 1. The van der Waals surface area contributed by atoms with Crippen LogP contribution in [0.5, 0.6) is 0 Å². The van der Waals surface area contributed by atoms with Crippen LogP contribution in [-0.4, -0.2) is 24.5 Å². The second-order valence-corrected chi connectivity index (χ2v) is 3.20. The lowest BCUT2D eigenvalue weighted by Gasteiger charge is -2.15. The number of nitrogens with one attached hydrogen (secondary N) is 1. The molecule has 0 radical (unpaired) electrons. The van der Waals surface area contributed by atoms with Crippen LogP contribution in [0.1, 0.15) is 18.4 Å². The van der Waals surface area contributed by atoms with Crippen LogP contribution >= 0.6 is 0 Å². The third kappa shape index (κ3) is 2.80. The molecule has 14 heavy (non-hydrogen) atoms. The van der Waals surface area contributed by atoms with E-state index in [2.05, 4.69) is 5.32 Å². The van der Waals surface area contributed by atoms with Gasteiger partial charge in [0.25, 0.3) is 0 Å². The Bertz CT molecular complexity index is 307. The minimum atomic E-state index is -0.0819. The van der Waals surface area contributed by atoms with Crippen LogP contribution in [-0.2, 0) is 6.54 Å². The average molecular weight is 196 g/mol. The molecule has 0 aliphatic rings. The number of amides is 2. The number of aryl methyl sites for hydroxylation is 1. The van der Waals surface area contributed by atoms with Gasteiger partial charge in [0.05, 0.1) is 6.54 Å². The van der Waals surface area contributed by atoms with Gasteiger partial charge >= 0.3 is 6.03 Å². The summed E-state index contributed by atoms with van der Waals surface area (Å²) in [5.74, 6) is 1.67. The zero-order chi connectivity index (χ0) is 10.6. The molecular weight excluding hydrogens is 180 g/mol. The van der Waals surface area contributed by atoms with Crippen molar-refractivity contribution in [1.29, 1.82) is 0 Å². The van der Waals surface area contributed by atoms with Gasteiger partial charge in [0.2, 0.25) is 0 Å². The molecule has 2 amide bonds. The second-order valence-electron chi connectivity index (χ2n) is 3.20. The Kier molecular flexibility index (Phi) is 3.56. The van der Waals surface area contributed by atoms with E-state index in [0.29, 0.717) is 13.1 Å². The van der Waals surface area contributed by atoms with Crippen molar-refractivity contribution in [2.75, 3.05) is 13.6 Å². The molecule has 0 aromatic carbocycles. The fourth-order valence-electron chi connectivity index (χ4n) is 1.16. The summed E-state index contributed by atoms with van der Waals surface area (Å²) in [5, 5.41) is 2.72. The first-order valence-electron chi connectivity index (χ1n) is 4.67. The maximum absolute atomic E-state index is 11.3. The quantitative estimate of drug-likeness (QED) is 0.800. The molecule has 0 aliphatic carbocycles. The third-order valence-corrected chi connectivity index (χ3v) is 1.86. The minimum absolute atomic E-state index is 0.0819. The monoisotopic (exact) mass is 196 g/mol. The molecule has 4 heteroatoms. The number of hydrogen-bond donors (Lipinski definition) is 1. The summed E-state index contributed by atoms with van der Waals surface area (Å²) in [5.41, 5.74) is 0. The van der Waals surface area contributed by atoms with Crippen LogP contribution in [0.25, 0.3) is 0 Å². The van der Waals surface area contributed by atoms with E-state index in [1.165, 1.54) is 0 Å². The zero-order valence-corrected chi connectivity index (χ0v) is 8.83. The standard InChI is InChI=1S/C10H16N2O2/c1-4-11-10(13)12(3)7-9-6-5-8(2)14-9/h5-6H,4,7H2,1-3H3,(H,11,13). The van der Waals surface area contributed by atoms with Crippen LogP contribution in [0.3, 0.4) is 0 Å². The van der Waals surface area contributed by atoms with Gasteiger partial charge in [-0.15, -0.1) is 0 Å². The van der Waals surface area contributed by atoms with E-state index in [9.17, 15) is 4.79 Å². The highest BCUT2D eigenvalue weighted by Gasteiger charge is 2.09. The molecule has 0 unspecified atom stereocenters. The lowest BCUT2D eigenvalue weighted by molar-refractivity contribution is 0.203. The minimum Gasteiger partial charge on any atom is -0.464 e. The van der Waals surface area contributed by atoms with E-state index in [4.69, 9.17) is 4.42 Å². The molecule has 0 saturated carbocycles. The lowest BCUT2D eigenvalue weighted by Crippen LogP contribution is -2.36. The van der Waals surface area contributed by atoms with Crippen molar-refractivity contribution in [1.82, 2.24) is 10.2 Å². The summed E-state index contributed by atoms with van der Waals surface area (Å²) >= 11 is 0. The van der Waals surface area contributed by atoms with Crippen LogP contribution in [0.4, 0.5) is 4.79 Å². The van der Waals surface area contributed by atoms with Gasteiger partial charge in [0.1, 0.15) is 11.5 Å². The Morgan fingerprint density at radius 3 is 2.79 bits per heavy atom. The van der Waals surface area contributed by atoms with E-state index in [0.717, 1.165) is 11.5 Å². The highest BCUT2D eigenvalue weighted by molar-refractivity contribution is 5.73. The fraction of sp³-hybridized carbons (Fsp3) is 0.500. The van der Waals surface area contributed by atoms with E-state index in [1.807, 2.05) is 26.0 Å². The average Bonchev–Trinajstić information content (AvgIpc) is 2.51. The van der Waals surface area contributed by atoms with Gasteiger partial charge in [-0.3, -0.25) is 0 Å². The van der Waals surface area contributed by atoms with Gasteiger partial charge in [-0.25, -0.2) is 4.79 Å². The second kappa shape index (κ2) is 4.69. The molecule has 0 spiro atoms. The van der Waals surface area contributed by atoms with Crippen molar-refractivity contribution in [3.8, 4) is 0 Å². The SMILES string of the molecule is CCNC(=O)N(C)Cc1ccc(C)o1. The number of nitrogens with zero attached hydrogens (tertiary/aromatic N) is 1. The number of rotatable bonds is 3. The molecule has 0 fully saturated rings. The number of carbonyl (C=O) groups excluding carboxylic acids is 1. The van der Waals surface area contributed by atoms with Gasteiger partial charge in [-0.1, -0.05) is 0 Å². The maximum Gasteiger partial charge on any atom is 0.317 e. The van der Waals surface area contributed by atoms with Crippen molar-refractivity contribution in [3.63, 3.8) is 0 Å². The Hall–Kier alpha value is -1.45. The molecule has 78 valence electrons. The first kappa shape index (κ1) is 10.6. The number of hydrogen-bond acceptors (Lipinski definition) is 2. The largest absolute Gasteiger partial charge is 0.464 e. The smallest absolute Gasteiger partial charge is 0.317 e. The third-order valence-electron chi connectivity index (χ3n) is 1.86. The van der Waals surface area contributed by atoms with E-state index in [-0.39, 0.29) is 6.03 Å². The summed E-state index contributed by atoms with van der Waals surface area (Å²) in [4.78, 5) is 12.9. The Balaban J connectivity index is 2.48. The fourth-order valence-corrected chi connectivity index (χ4v) is 1.16. The first-order chi connectivity index (χ1) is 6.63. The predicted molar refractivity (Wildman–Crippen MR) is 54.0 cm³/mol. The predicted octanol–water partition coefficient (Wildman–Crippen LogP) is 1.75. The highest BCUT2D eigenvalue weighted by Crippen LogP contribution is 2.08. The Morgan fingerprint density at radius 2 is 2.29 bits per heavy atom. The summed E-state index contributed by atoms with van der Waals surface area (Å²) in [7, 11) is 1.74. The highest BCUT2D eigenvalue weighted by atomic mass is 16.3. The maximum atomic E-state index is 11.3. The molecule has 0 aliphatic heterocycles. The zero-order valence-electron chi connectivity index (χ0n) is 8.83. The van der Waals surface area contributed by atoms with E-state index in [1.54, 1.807) is 11.9 Å². The van der Waals surface area contributed by atoms with Gasteiger partial charge in [0, 0.05) is 13.6 Å². The van der Waals surface area contributed by atoms with Gasteiger partial charge in [-0.2, -0.15) is 0 Å². The van der Waals surface area contributed by atoms with E-state index < -0.39 is 0 Å². The Morgan fingerprint density at radius 1 is 1.57 bits per heavy atom. The van der Waals surface area contributed by atoms with Gasteiger partial charge < -0.3 is 14.6 Å². The molecule has 0 atom stereocenters. The molecule has 0 saturated heterocycles. The lowest BCUT2D eigenvalue weighted by atomic mass is 10.4. The topological polar surface area (TPSA) is 45.5 Å². The van der Waals surface area contributed by atoms with Crippen molar-refractivity contribution < 1.29 is 9.21 Å². The molecular formula is C10H16N2O2. The summed E-state index contributed by atoms with van der Waals surface area (Å²) < 4.78 is 5.36. The summed E-state index contributed by atoms with van der Waals surface area (Å²) in [6.45, 7) is 4.92. The van der Waals surface area contributed by atoms with Crippen molar-refractivity contribution in [2.45, 2.75) is 20.4 Å².